The first-order chi connectivity index (χ1) is 10.1. The Bertz CT molecular complexity index is 324. The third-order valence-electron chi connectivity index (χ3n) is 6.44. The maximum atomic E-state index is 4.07. The van der Waals surface area contributed by atoms with Gasteiger partial charge in [-0.1, -0.05) is 19.3 Å². The van der Waals surface area contributed by atoms with Crippen molar-refractivity contribution in [3.05, 3.63) is 0 Å². The molecule has 2 atom stereocenters. The normalized spacial score (nSPS) is 36.3. The highest BCUT2D eigenvalue weighted by Crippen LogP contribution is 2.41. The van der Waals surface area contributed by atoms with E-state index >= 15 is 0 Å². The van der Waals surface area contributed by atoms with Gasteiger partial charge < -0.3 is 10.2 Å². The summed E-state index contributed by atoms with van der Waals surface area (Å²) in [7, 11) is 0. The van der Waals surface area contributed by atoms with Crippen molar-refractivity contribution in [2.24, 2.45) is 11.8 Å². The minimum atomic E-state index is 0.559. The Morgan fingerprint density at radius 3 is 2.24 bits per heavy atom. The quantitative estimate of drug-likeness (QED) is 0.832. The predicted octanol–water partition coefficient (Wildman–Crippen LogP) is 3.76. The molecule has 3 fully saturated rings. The van der Waals surface area contributed by atoms with Crippen molar-refractivity contribution >= 4 is 11.8 Å². The monoisotopic (exact) mass is 310 g/mol. The number of nitrogens with one attached hydrogen (secondary N) is 1. The molecule has 0 aromatic rings. The highest BCUT2D eigenvalue weighted by molar-refractivity contribution is 8.00. The van der Waals surface area contributed by atoms with Crippen molar-refractivity contribution in [1.29, 1.82) is 0 Å². The number of hydrogen-bond donors (Lipinski definition) is 1. The van der Waals surface area contributed by atoms with Gasteiger partial charge in [0.25, 0.3) is 0 Å². The Hall–Kier alpha value is 0.270. The van der Waals surface area contributed by atoms with Crippen molar-refractivity contribution in [3.63, 3.8) is 0 Å². The summed E-state index contributed by atoms with van der Waals surface area (Å²) in [4.78, 5) is 2.73. The van der Waals surface area contributed by atoms with Crippen LogP contribution in [0.1, 0.15) is 58.8 Å². The van der Waals surface area contributed by atoms with Crippen LogP contribution in [-0.4, -0.2) is 47.6 Å². The van der Waals surface area contributed by atoms with E-state index in [1.165, 1.54) is 64.6 Å². The molecule has 0 aromatic heterocycles. The molecule has 3 rings (SSSR count). The van der Waals surface area contributed by atoms with Crippen LogP contribution in [0.2, 0.25) is 0 Å². The predicted molar refractivity (Wildman–Crippen MR) is 94.0 cm³/mol. The number of likely N-dealkylation sites (tertiary alicyclic amines) is 1. The SMILES string of the molecule is CSC1(CNC2C3CCCC2CN(C(C)C)C3)CCCC1. The Morgan fingerprint density at radius 2 is 1.71 bits per heavy atom. The van der Waals surface area contributed by atoms with E-state index in [9.17, 15) is 0 Å². The summed E-state index contributed by atoms with van der Waals surface area (Å²) in [5.74, 6) is 1.81. The van der Waals surface area contributed by atoms with Gasteiger partial charge in [-0.25, -0.2) is 0 Å². The molecule has 2 nitrogen and oxygen atoms in total. The van der Waals surface area contributed by atoms with Crippen LogP contribution in [0, 0.1) is 11.8 Å². The van der Waals surface area contributed by atoms with Crippen LogP contribution in [0.3, 0.4) is 0 Å². The average Bonchev–Trinajstić information content (AvgIpc) is 2.93. The fourth-order valence-electron chi connectivity index (χ4n) is 5.00. The highest BCUT2D eigenvalue weighted by atomic mass is 32.2. The molecule has 2 aliphatic carbocycles. The number of piperidine rings is 1. The summed E-state index contributed by atoms with van der Waals surface area (Å²) < 4.78 is 0.559. The molecule has 1 N–H and O–H groups in total. The molecule has 3 heteroatoms. The summed E-state index contributed by atoms with van der Waals surface area (Å²) >= 11 is 2.13. The number of rotatable bonds is 5. The summed E-state index contributed by atoms with van der Waals surface area (Å²) in [6.45, 7) is 8.65. The van der Waals surface area contributed by atoms with Crippen molar-refractivity contribution < 1.29 is 0 Å². The molecular weight excluding hydrogens is 276 g/mol. The first kappa shape index (κ1) is 16.1. The fourth-order valence-corrected chi connectivity index (χ4v) is 5.93. The molecule has 2 unspecified atom stereocenters. The third-order valence-corrected chi connectivity index (χ3v) is 7.86. The van der Waals surface area contributed by atoms with E-state index in [1.54, 1.807) is 0 Å². The maximum absolute atomic E-state index is 4.07. The van der Waals surface area contributed by atoms with Gasteiger partial charge in [0, 0.05) is 36.5 Å². The number of fused-ring (bicyclic) bond motifs is 2. The molecule has 3 aliphatic rings. The number of hydrogen-bond acceptors (Lipinski definition) is 3. The zero-order valence-electron chi connectivity index (χ0n) is 14.2. The van der Waals surface area contributed by atoms with Gasteiger partial charge in [0.15, 0.2) is 0 Å². The van der Waals surface area contributed by atoms with Gasteiger partial charge in [0.2, 0.25) is 0 Å². The Balaban J connectivity index is 1.60. The summed E-state index contributed by atoms with van der Waals surface area (Å²) in [6, 6.07) is 1.53. The summed E-state index contributed by atoms with van der Waals surface area (Å²) in [5, 5.41) is 4.07. The van der Waals surface area contributed by atoms with Crippen LogP contribution in [0.25, 0.3) is 0 Å². The topological polar surface area (TPSA) is 15.3 Å². The van der Waals surface area contributed by atoms with Gasteiger partial charge in [-0.15, -0.1) is 0 Å². The average molecular weight is 311 g/mol. The molecule has 0 aromatic carbocycles. The molecule has 0 amide bonds. The van der Waals surface area contributed by atoms with Crippen LogP contribution >= 0.6 is 11.8 Å². The first-order valence-electron chi connectivity index (χ1n) is 9.16. The van der Waals surface area contributed by atoms with E-state index < -0.39 is 0 Å². The van der Waals surface area contributed by atoms with Crippen molar-refractivity contribution in [2.45, 2.75) is 75.6 Å². The van der Waals surface area contributed by atoms with E-state index in [0.717, 1.165) is 23.9 Å². The Kier molecular flexibility index (Phi) is 5.23. The molecule has 1 heterocycles. The Morgan fingerprint density at radius 1 is 1.10 bits per heavy atom. The van der Waals surface area contributed by atoms with Crippen LogP contribution in [0.5, 0.6) is 0 Å². The van der Waals surface area contributed by atoms with Crippen LogP contribution < -0.4 is 5.32 Å². The highest BCUT2D eigenvalue weighted by Gasteiger charge is 2.41. The molecule has 0 spiro atoms. The second kappa shape index (κ2) is 6.80. The van der Waals surface area contributed by atoms with Gasteiger partial charge in [0.1, 0.15) is 0 Å². The van der Waals surface area contributed by atoms with E-state index in [4.69, 9.17) is 0 Å². The lowest BCUT2D eigenvalue weighted by atomic mass is 9.73. The van der Waals surface area contributed by atoms with E-state index in [0.29, 0.717) is 4.75 Å². The lowest BCUT2D eigenvalue weighted by Crippen LogP contribution is -2.59. The lowest BCUT2D eigenvalue weighted by Gasteiger charge is -2.50. The fraction of sp³-hybridized carbons (Fsp3) is 1.00. The standard InChI is InChI=1S/C18H34N2S/c1-14(2)20-11-15-7-6-8-16(12-20)17(15)19-13-18(21-3)9-4-5-10-18/h14-17,19H,4-13H2,1-3H3. The van der Waals surface area contributed by atoms with Crippen molar-refractivity contribution in [3.8, 4) is 0 Å². The minimum absolute atomic E-state index is 0.559. The molecule has 2 bridgehead atoms. The van der Waals surface area contributed by atoms with Gasteiger partial charge in [-0.05, 0) is 57.6 Å². The van der Waals surface area contributed by atoms with Crippen LogP contribution in [0.4, 0.5) is 0 Å². The van der Waals surface area contributed by atoms with Gasteiger partial charge >= 0.3 is 0 Å². The zero-order valence-corrected chi connectivity index (χ0v) is 15.1. The van der Waals surface area contributed by atoms with E-state index in [-0.39, 0.29) is 0 Å². The van der Waals surface area contributed by atoms with Gasteiger partial charge in [0.05, 0.1) is 0 Å². The van der Waals surface area contributed by atoms with Gasteiger partial charge in [-0.3, -0.25) is 0 Å². The van der Waals surface area contributed by atoms with E-state index in [1.807, 2.05) is 0 Å². The number of nitrogens with zero attached hydrogens (tertiary/aromatic N) is 1. The van der Waals surface area contributed by atoms with Crippen LogP contribution in [-0.2, 0) is 0 Å². The second-order valence-electron chi connectivity index (χ2n) is 8.00. The van der Waals surface area contributed by atoms with Gasteiger partial charge in [-0.2, -0.15) is 11.8 Å². The third kappa shape index (κ3) is 3.45. The molecule has 1 saturated heterocycles. The van der Waals surface area contributed by atoms with E-state index in [2.05, 4.69) is 42.1 Å². The second-order valence-corrected chi connectivity index (χ2v) is 9.27. The van der Waals surface area contributed by atoms with Crippen LogP contribution in [0.15, 0.2) is 0 Å². The summed E-state index contributed by atoms with van der Waals surface area (Å²) in [5.41, 5.74) is 0. The molecule has 2 saturated carbocycles. The number of thioether (sulfide) groups is 1. The molecular formula is C18H34N2S. The zero-order chi connectivity index (χ0) is 14.9. The minimum Gasteiger partial charge on any atom is -0.312 e. The van der Waals surface area contributed by atoms with Crippen molar-refractivity contribution in [2.75, 3.05) is 25.9 Å². The molecule has 122 valence electrons. The molecule has 0 radical (unpaired) electrons. The molecule has 21 heavy (non-hydrogen) atoms. The smallest absolute Gasteiger partial charge is 0.0281 e. The molecule has 1 aliphatic heterocycles. The first-order valence-corrected chi connectivity index (χ1v) is 10.4. The maximum Gasteiger partial charge on any atom is 0.0281 e. The van der Waals surface area contributed by atoms with Crippen molar-refractivity contribution in [1.82, 2.24) is 10.2 Å². The largest absolute Gasteiger partial charge is 0.312 e. The Labute approximate surface area is 135 Å². The summed E-state index contributed by atoms with van der Waals surface area (Å²) in [6.07, 6.45) is 12.4. The lowest BCUT2D eigenvalue weighted by molar-refractivity contribution is 0.0289.